The Morgan fingerprint density at radius 1 is 1.03 bits per heavy atom. The number of piperidine rings is 1. The van der Waals surface area contributed by atoms with Gasteiger partial charge in [0, 0.05) is 37.6 Å². The normalized spacial score (nSPS) is 19.4. The molecule has 2 amide bonds. The van der Waals surface area contributed by atoms with E-state index in [0.29, 0.717) is 24.9 Å². The van der Waals surface area contributed by atoms with Crippen LogP contribution in [0.3, 0.4) is 0 Å². The van der Waals surface area contributed by atoms with E-state index >= 15 is 0 Å². The number of amides is 2. The first-order valence-electron chi connectivity index (χ1n) is 9.25. The number of pyridine rings is 1. The first-order chi connectivity index (χ1) is 13.9. The Morgan fingerprint density at radius 2 is 1.67 bits per heavy atom. The first-order valence-corrected chi connectivity index (χ1v) is 9.25. The molecule has 1 aromatic heterocycles. The Labute approximate surface area is 167 Å². The van der Waals surface area contributed by atoms with E-state index in [9.17, 15) is 35.9 Å². The molecule has 2 fully saturated rings. The Balaban J connectivity index is 1.66. The van der Waals surface area contributed by atoms with Gasteiger partial charge in [-0.2, -0.15) is 26.3 Å². The number of hydrogen-bond acceptors (Lipinski definition) is 4. The number of alkyl halides is 6. The molecule has 6 nitrogen and oxygen atoms in total. The average Bonchev–Trinajstić information content (AvgIpc) is 3.07. The predicted molar refractivity (Wildman–Crippen MR) is 90.4 cm³/mol. The number of carbonyl (C=O) groups excluding carboxylic acids is 2. The van der Waals surface area contributed by atoms with E-state index in [4.69, 9.17) is 0 Å². The van der Waals surface area contributed by atoms with Gasteiger partial charge in [0.25, 0.3) is 12.0 Å². The maximum atomic E-state index is 12.8. The molecule has 0 atom stereocenters. The summed E-state index contributed by atoms with van der Waals surface area (Å²) in [5, 5.41) is 0. The summed E-state index contributed by atoms with van der Waals surface area (Å²) in [6, 6.07) is 3.23. The van der Waals surface area contributed by atoms with Crippen LogP contribution in [0.2, 0.25) is 0 Å². The summed E-state index contributed by atoms with van der Waals surface area (Å²) < 4.78 is 79.5. The molecule has 0 aliphatic carbocycles. The van der Waals surface area contributed by atoms with Crippen LogP contribution in [0.15, 0.2) is 24.5 Å². The van der Waals surface area contributed by atoms with E-state index in [1.165, 1.54) is 12.4 Å². The zero-order valence-corrected chi connectivity index (χ0v) is 15.7. The molecule has 12 heteroatoms. The SMILES string of the molecule is O=C(OC(C(F)(F)F)C(F)(F)F)N1CCC2(CCCN2C(=O)c2cccnc2)CC1. The molecule has 2 aliphatic heterocycles. The maximum absolute atomic E-state index is 12.8. The lowest BCUT2D eigenvalue weighted by Crippen LogP contribution is -2.56. The molecule has 1 spiro atoms. The summed E-state index contributed by atoms with van der Waals surface area (Å²) in [4.78, 5) is 31.2. The number of aromatic nitrogens is 1. The van der Waals surface area contributed by atoms with Crippen molar-refractivity contribution in [1.82, 2.24) is 14.8 Å². The van der Waals surface area contributed by atoms with Gasteiger partial charge in [-0.3, -0.25) is 9.78 Å². The predicted octanol–water partition coefficient (Wildman–Crippen LogP) is 3.78. The molecule has 0 N–H and O–H groups in total. The molecule has 1 aromatic rings. The topological polar surface area (TPSA) is 62.7 Å². The van der Waals surface area contributed by atoms with Crippen molar-refractivity contribution >= 4 is 12.0 Å². The highest BCUT2D eigenvalue weighted by Gasteiger charge is 2.60. The van der Waals surface area contributed by atoms with E-state index in [-0.39, 0.29) is 31.8 Å². The first kappa shape index (κ1) is 22.2. The van der Waals surface area contributed by atoms with Crippen LogP contribution in [0.4, 0.5) is 31.1 Å². The smallest absolute Gasteiger partial charge is 0.426 e. The lowest BCUT2D eigenvalue weighted by atomic mass is 9.84. The van der Waals surface area contributed by atoms with Gasteiger partial charge in [-0.15, -0.1) is 0 Å². The average molecular weight is 439 g/mol. The molecule has 2 saturated heterocycles. The quantitative estimate of drug-likeness (QED) is 0.658. The number of carbonyl (C=O) groups is 2. The number of nitrogens with zero attached hydrogens (tertiary/aromatic N) is 3. The summed E-state index contributed by atoms with van der Waals surface area (Å²) in [6.45, 7) is 0.249. The molecule has 0 unspecified atom stereocenters. The molecular formula is C18H19F6N3O3. The second-order valence-electron chi connectivity index (χ2n) is 7.36. The Morgan fingerprint density at radius 3 is 2.20 bits per heavy atom. The van der Waals surface area contributed by atoms with Crippen molar-refractivity contribution < 1.29 is 40.7 Å². The van der Waals surface area contributed by atoms with Gasteiger partial charge in [0.1, 0.15) is 0 Å². The lowest BCUT2D eigenvalue weighted by Gasteiger charge is -2.44. The van der Waals surface area contributed by atoms with Crippen LogP contribution in [0, 0.1) is 0 Å². The molecule has 0 bridgehead atoms. The molecule has 3 rings (SSSR count). The van der Waals surface area contributed by atoms with Crippen LogP contribution in [0.5, 0.6) is 0 Å². The Kier molecular flexibility index (Phi) is 5.87. The van der Waals surface area contributed by atoms with Crippen molar-refractivity contribution in [3.05, 3.63) is 30.1 Å². The van der Waals surface area contributed by atoms with Crippen LogP contribution < -0.4 is 0 Å². The van der Waals surface area contributed by atoms with Gasteiger partial charge in [0.2, 0.25) is 0 Å². The van der Waals surface area contributed by atoms with Crippen molar-refractivity contribution in [3.63, 3.8) is 0 Å². The third-order valence-electron chi connectivity index (χ3n) is 5.52. The molecule has 3 heterocycles. The monoisotopic (exact) mass is 439 g/mol. The van der Waals surface area contributed by atoms with Gasteiger partial charge in [-0.25, -0.2) is 4.79 Å². The molecule has 0 aromatic carbocycles. The van der Waals surface area contributed by atoms with Crippen LogP contribution >= 0.6 is 0 Å². The zero-order chi connectivity index (χ0) is 22.2. The van der Waals surface area contributed by atoms with Crippen molar-refractivity contribution in [1.29, 1.82) is 0 Å². The van der Waals surface area contributed by atoms with Crippen molar-refractivity contribution in [2.75, 3.05) is 19.6 Å². The number of rotatable bonds is 2. The van der Waals surface area contributed by atoms with Gasteiger partial charge in [0.15, 0.2) is 0 Å². The van der Waals surface area contributed by atoms with Crippen molar-refractivity contribution in [3.8, 4) is 0 Å². The number of halogens is 6. The second kappa shape index (κ2) is 7.95. The summed E-state index contributed by atoms with van der Waals surface area (Å²) in [5.41, 5.74) is -0.212. The van der Waals surface area contributed by atoms with Crippen LogP contribution in [0.25, 0.3) is 0 Å². The van der Waals surface area contributed by atoms with Crippen LogP contribution in [-0.2, 0) is 4.74 Å². The van der Waals surface area contributed by atoms with Crippen molar-refractivity contribution in [2.24, 2.45) is 0 Å². The minimum atomic E-state index is -5.76. The summed E-state index contributed by atoms with van der Waals surface area (Å²) in [5.74, 6) is -0.245. The zero-order valence-electron chi connectivity index (χ0n) is 15.7. The largest absolute Gasteiger partial charge is 0.434 e. The number of likely N-dealkylation sites (tertiary alicyclic amines) is 2. The van der Waals surface area contributed by atoms with Gasteiger partial charge in [0.05, 0.1) is 5.56 Å². The van der Waals surface area contributed by atoms with Crippen LogP contribution in [0.1, 0.15) is 36.0 Å². The standard InChI is InChI=1S/C18H19F6N3O3/c19-17(20,21)14(18(22,23)24)30-15(29)26-9-5-16(6-10-26)4-2-8-27(16)13(28)12-3-1-7-25-11-12/h1,3,7,11,14H,2,4-6,8-10H2. The highest BCUT2D eigenvalue weighted by molar-refractivity contribution is 5.94. The van der Waals surface area contributed by atoms with E-state index in [1.54, 1.807) is 17.0 Å². The summed E-state index contributed by atoms with van der Waals surface area (Å²) in [7, 11) is 0. The Bertz CT molecular complexity index is 762. The van der Waals surface area contributed by atoms with Gasteiger partial charge in [-0.1, -0.05) is 0 Å². The lowest BCUT2D eigenvalue weighted by molar-refractivity contribution is -0.308. The fraction of sp³-hybridized carbons (Fsp3) is 0.611. The van der Waals surface area contributed by atoms with E-state index in [1.807, 2.05) is 0 Å². The number of hydrogen-bond donors (Lipinski definition) is 0. The van der Waals surface area contributed by atoms with E-state index in [0.717, 1.165) is 4.90 Å². The van der Waals surface area contributed by atoms with E-state index < -0.39 is 30.1 Å². The second-order valence-corrected chi connectivity index (χ2v) is 7.36. The summed E-state index contributed by atoms with van der Waals surface area (Å²) >= 11 is 0. The van der Waals surface area contributed by atoms with Crippen LogP contribution in [-0.4, -0.2) is 70.4 Å². The van der Waals surface area contributed by atoms with Gasteiger partial charge >= 0.3 is 18.4 Å². The van der Waals surface area contributed by atoms with Gasteiger partial charge < -0.3 is 14.5 Å². The highest BCUT2D eigenvalue weighted by atomic mass is 19.4. The summed E-state index contributed by atoms with van der Waals surface area (Å²) in [6.07, 6.45) is -12.6. The van der Waals surface area contributed by atoms with Gasteiger partial charge in [-0.05, 0) is 37.8 Å². The molecule has 0 saturated carbocycles. The molecule has 0 radical (unpaired) electrons. The minimum absolute atomic E-state index is 0.113. The fourth-order valence-electron chi connectivity index (χ4n) is 4.02. The molecule has 2 aliphatic rings. The maximum Gasteiger partial charge on any atom is 0.434 e. The fourth-order valence-corrected chi connectivity index (χ4v) is 4.02. The highest BCUT2D eigenvalue weighted by Crippen LogP contribution is 2.40. The third-order valence-corrected chi connectivity index (χ3v) is 5.52. The number of ether oxygens (including phenoxy) is 1. The Hall–Kier alpha value is -2.53. The minimum Gasteiger partial charge on any atom is -0.426 e. The molecule has 30 heavy (non-hydrogen) atoms. The third kappa shape index (κ3) is 4.46. The van der Waals surface area contributed by atoms with E-state index in [2.05, 4.69) is 9.72 Å². The molecular weight excluding hydrogens is 420 g/mol. The van der Waals surface area contributed by atoms with Crippen molar-refractivity contribution in [2.45, 2.75) is 49.7 Å². The molecule has 166 valence electrons.